The van der Waals surface area contributed by atoms with Gasteiger partial charge in [-0.15, -0.1) is 12.4 Å². The molecule has 0 unspecified atom stereocenters. The predicted octanol–water partition coefficient (Wildman–Crippen LogP) is 1.14. The summed E-state index contributed by atoms with van der Waals surface area (Å²) in [4.78, 5) is 2.29. The highest BCUT2D eigenvalue weighted by atomic mass is 35.5. The van der Waals surface area contributed by atoms with Gasteiger partial charge in [0, 0.05) is 19.5 Å². The lowest BCUT2D eigenvalue weighted by atomic mass is 10.2. The van der Waals surface area contributed by atoms with Gasteiger partial charge in [-0.1, -0.05) is 0 Å². The van der Waals surface area contributed by atoms with Gasteiger partial charge in [0.05, 0.1) is 12.7 Å². The zero-order valence-electron chi connectivity index (χ0n) is 8.45. The molecule has 80 valence electrons. The fourth-order valence-electron chi connectivity index (χ4n) is 1.64. The lowest BCUT2D eigenvalue weighted by molar-refractivity contribution is 0.304. The Bertz CT molecular complexity index is 301. The van der Waals surface area contributed by atoms with Gasteiger partial charge in [-0.05, 0) is 18.6 Å². The average Bonchev–Trinajstić information content (AvgIpc) is 2.45. The molecule has 1 aromatic heterocycles. The number of fused-ring (bicyclic) bond motifs is 1. The fraction of sp³-hybridized carbons (Fsp3) is 0.667. The van der Waals surface area contributed by atoms with Gasteiger partial charge in [0.2, 0.25) is 0 Å². The number of hydrogen-bond acceptors (Lipinski definition) is 4. The smallest absolute Gasteiger partial charge is 0.257 e. The third-order valence-corrected chi connectivity index (χ3v) is 2.49. The van der Waals surface area contributed by atoms with Gasteiger partial charge in [-0.2, -0.15) is 0 Å². The van der Waals surface area contributed by atoms with Crippen LogP contribution in [0.3, 0.4) is 0 Å². The summed E-state index contributed by atoms with van der Waals surface area (Å²) in [6.45, 7) is 2.08. The molecule has 0 N–H and O–H groups in total. The van der Waals surface area contributed by atoms with E-state index in [9.17, 15) is 0 Å². The van der Waals surface area contributed by atoms with E-state index >= 15 is 0 Å². The van der Waals surface area contributed by atoms with Gasteiger partial charge in [-0.3, -0.25) is 0 Å². The summed E-state index contributed by atoms with van der Waals surface area (Å²) in [7, 11) is 3.75. The molecular weight excluding hydrogens is 204 g/mol. The molecule has 0 aromatic carbocycles. The Morgan fingerprint density at radius 2 is 2.07 bits per heavy atom. The molecule has 1 aliphatic rings. The van der Waals surface area contributed by atoms with Crippen LogP contribution in [0.5, 0.6) is 5.88 Å². The van der Waals surface area contributed by atoms with Crippen LogP contribution < -0.4 is 4.74 Å². The van der Waals surface area contributed by atoms with E-state index in [-0.39, 0.29) is 12.4 Å². The van der Waals surface area contributed by atoms with Gasteiger partial charge >= 0.3 is 0 Å². The summed E-state index contributed by atoms with van der Waals surface area (Å²) < 4.78 is 10.3. The number of nitrogens with zero attached hydrogens (tertiary/aromatic N) is 2. The first kappa shape index (κ1) is 11.3. The molecule has 1 aliphatic heterocycles. The summed E-state index contributed by atoms with van der Waals surface area (Å²) in [5.74, 6) is 1.64. The Kier molecular flexibility index (Phi) is 3.77. The average molecular weight is 219 g/mol. The van der Waals surface area contributed by atoms with Crippen molar-refractivity contribution in [2.75, 3.05) is 27.2 Å². The monoisotopic (exact) mass is 218 g/mol. The fourth-order valence-corrected chi connectivity index (χ4v) is 1.64. The van der Waals surface area contributed by atoms with Crippen LogP contribution in [0.4, 0.5) is 0 Å². The summed E-state index contributed by atoms with van der Waals surface area (Å²) in [6.07, 6.45) is 1.90. The maximum atomic E-state index is 5.20. The van der Waals surface area contributed by atoms with Crippen molar-refractivity contribution in [1.82, 2.24) is 10.1 Å². The van der Waals surface area contributed by atoms with Crippen LogP contribution in [0.15, 0.2) is 4.52 Å². The van der Waals surface area contributed by atoms with Crippen molar-refractivity contribution < 1.29 is 9.26 Å². The van der Waals surface area contributed by atoms with Crippen molar-refractivity contribution in [1.29, 1.82) is 0 Å². The minimum atomic E-state index is 0. The third-order valence-electron chi connectivity index (χ3n) is 2.49. The van der Waals surface area contributed by atoms with Crippen LogP contribution in [0.2, 0.25) is 0 Å². The van der Waals surface area contributed by atoms with Gasteiger partial charge < -0.3 is 14.2 Å². The first-order chi connectivity index (χ1) is 6.31. The number of halogens is 1. The van der Waals surface area contributed by atoms with Gasteiger partial charge in [0.15, 0.2) is 0 Å². The molecule has 0 bridgehead atoms. The second kappa shape index (κ2) is 4.66. The van der Waals surface area contributed by atoms with E-state index in [4.69, 9.17) is 9.26 Å². The van der Waals surface area contributed by atoms with E-state index in [1.54, 1.807) is 7.11 Å². The molecule has 2 rings (SSSR count). The molecule has 0 saturated carbocycles. The molecule has 0 spiro atoms. The van der Waals surface area contributed by atoms with Crippen molar-refractivity contribution in [3.8, 4) is 5.88 Å². The van der Waals surface area contributed by atoms with E-state index in [0.29, 0.717) is 5.88 Å². The molecular formula is C9H15ClN2O2. The number of hydrogen-bond donors (Lipinski definition) is 0. The first-order valence-corrected chi connectivity index (χ1v) is 4.51. The van der Waals surface area contributed by atoms with E-state index in [1.165, 1.54) is 0 Å². The van der Waals surface area contributed by atoms with Crippen LogP contribution in [-0.2, 0) is 12.8 Å². The Labute approximate surface area is 89.6 Å². The Morgan fingerprint density at radius 3 is 2.79 bits per heavy atom. The van der Waals surface area contributed by atoms with E-state index in [1.807, 2.05) is 0 Å². The number of methoxy groups -OCH3 is 1. The highest BCUT2D eigenvalue weighted by Gasteiger charge is 2.20. The Morgan fingerprint density at radius 1 is 1.36 bits per heavy atom. The van der Waals surface area contributed by atoms with Crippen LogP contribution in [0.1, 0.15) is 11.3 Å². The largest absolute Gasteiger partial charge is 0.479 e. The topological polar surface area (TPSA) is 38.5 Å². The third kappa shape index (κ3) is 2.01. The molecule has 4 nitrogen and oxygen atoms in total. The van der Waals surface area contributed by atoms with E-state index in [0.717, 1.165) is 37.3 Å². The molecule has 1 aromatic rings. The lowest BCUT2D eigenvalue weighted by Crippen LogP contribution is -2.20. The normalized spacial score (nSPS) is 16.7. The van der Waals surface area contributed by atoms with Gasteiger partial charge in [0.1, 0.15) is 5.76 Å². The summed E-state index contributed by atoms with van der Waals surface area (Å²) >= 11 is 0. The Hall–Kier alpha value is -0.740. The molecule has 0 saturated heterocycles. The lowest BCUT2D eigenvalue weighted by Gasteiger charge is -2.10. The summed E-state index contributed by atoms with van der Waals surface area (Å²) in [5.41, 5.74) is 1.15. The molecule has 5 heteroatoms. The second-order valence-electron chi connectivity index (χ2n) is 3.40. The van der Waals surface area contributed by atoms with Crippen molar-refractivity contribution in [3.05, 3.63) is 11.3 Å². The maximum Gasteiger partial charge on any atom is 0.257 e. The highest BCUT2D eigenvalue weighted by Crippen LogP contribution is 2.24. The number of likely N-dealkylation sites (N-methyl/N-ethyl adjacent to an activating group) is 1. The second-order valence-corrected chi connectivity index (χ2v) is 3.40. The van der Waals surface area contributed by atoms with Crippen molar-refractivity contribution >= 4 is 12.4 Å². The summed E-state index contributed by atoms with van der Waals surface area (Å²) in [6, 6.07) is 0. The van der Waals surface area contributed by atoms with Crippen LogP contribution >= 0.6 is 12.4 Å². The first-order valence-electron chi connectivity index (χ1n) is 4.51. The highest BCUT2D eigenvalue weighted by molar-refractivity contribution is 5.85. The molecule has 0 radical (unpaired) electrons. The molecule has 0 aliphatic carbocycles. The van der Waals surface area contributed by atoms with Crippen LogP contribution in [-0.4, -0.2) is 37.3 Å². The Balaban J connectivity index is 0.000000980. The zero-order valence-corrected chi connectivity index (χ0v) is 9.26. The zero-order chi connectivity index (χ0) is 9.26. The molecule has 2 heterocycles. The molecule has 0 amide bonds. The van der Waals surface area contributed by atoms with Crippen molar-refractivity contribution in [2.45, 2.75) is 12.8 Å². The number of aromatic nitrogens is 1. The maximum absolute atomic E-state index is 5.20. The number of rotatable bonds is 1. The van der Waals surface area contributed by atoms with Crippen LogP contribution in [0, 0.1) is 0 Å². The van der Waals surface area contributed by atoms with Crippen molar-refractivity contribution in [3.63, 3.8) is 0 Å². The predicted molar refractivity (Wildman–Crippen MR) is 55.2 cm³/mol. The molecule has 0 fully saturated rings. The van der Waals surface area contributed by atoms with Gasteiger partial charge in [0.25, 0.3) is 5.88 Å². The van der Waals surface area contributed by atoms with Crippen molar-refractivity contribution in [2.24, 2.45) is 0 Å². The van der Waals surface area contributed by atoms with Crippen LogP contribution in [0.25, 0.3) is 0 Å². The summed E-state index contributed by atoms with van der Waals surface area (Å²) in [5, 5.41) is 3.87. The van der Waals surface area contributed by atoms with Gasteiger partial charge in [-0.25, -0.2) is 0 Å². The molecule has 0 atom stereocenters. The quantitative estimate of drug-likeness (QED) is 0.709. The minimum Gasteiger partial charge on any atom is -0.479 e. The minimum absolute atomic E-state index is 0. The van der Waals surface area contributed by atoms with E-state index < -0.39 is 0 Å². The molecule has 14 heavy (non-hydrogen) atoms. The SMILES string of the molecule is COc1noc2c1CCN(C)CC2.Cl. The standard InChI is InChI=1S/C9H14N2O2.ClH/c1-11-5-3-7-8(4-6-11)13-10-9(7)12-2;/h3-6H2,1-2H3;1H. The van der Waals surface area contributed by atoms with E-state index in [2.05, 4.69) is 17.1 Å². The number of ether oxygens (including phenoxy) is 1.